The van der Waals surface area contributed by atoms with Crippen molar-refractivity contribution in [3.8, 4) is 5.75 Å². The zero-order valence-corrected chi connectivity index (χ0v) is 20.1. The van der Waals surface area contributed by atoms with Crippen LogP contribution in [-0.4, -0.2) is 49.4 Å². The van der Waals surface area contributed by atoms with Crippen LogP contribution < -0.4 is 5.32 Å². The van der Waals surface area contributed by atoms with Gasteiger partial charge in [0, 0.05) is 19.6 Å². The summed E-state index contributed by atoms with van der Waals surface area (Å²) in [7, 11) is -3.83. The maximum absolute atomic E-state index is 12.9. The maximum Gasteiger partial charge on any atom is 0.338 e. The second kappa shape index (κ2) is 10.5. The third-order valence-electron chi connectivity index (χ3n) is 5.47. The summed E-state index contributed by atoms with van der Waals surface area (Å²) in [6, 6.07) is 7.40. The number of sulfonamides is 1. The normalized spacial score (nSPS) is 14.6. The fraction of sp³-hybridized carbons (Fsp3) is 0.391. The highest BCUT2D eigenvalue weighted by Gasteiger charge is 2.29. The standard InChI is InChI=1S/C23H27ClN2O6S/c1-15-10-17(11-16(2)22(15)28)13-25-21(27)14-32-23(29)18-6-7-19(24)20(12-18)33(30,31)26-8-4-3-5-9-26/h6-7,10-12,28H,3-5,8-9,13-14H2,1-2H3,(H,25,27). The number of phenols is 1. The third-order valence-corrected chi connectivity index (χ3v) is 7.85. The van der Waals surface area contributed by atoms with Gasteiger partial charge in [-0.15, -0.1) is 0 Å². The van der Waals surface area contributed by atoms with Crippen LogP contribution in [0.25, 0.3) is 0 Å². The van der Waals surface area contributed by atoms with Crippen molar-refractivity contribution in [3.63, 3.8) is 0 Å². The molecule has 1 saturated heterocycles. The molecule has 8 nitrogen and oxygen atoms in total. The van der Waals surface area contributed by atoms with Gasteiger partial charge in [0.25, 0.3) is 5.91 Å². The van der Waals surface area contributed by atoms with Gasteiger partial charge in [-0.2, -0.15) is 4.31 Å². The molecule has 1 amide bonds. The minimum absolute atomic E-state index is 0.00688. The van der Waals surface area contributed by atoms with E-state index in [1.54, 1.807) is 26.0 Å². The number of hydrogen-bond donors (Lipinski definition) is 2. The summed E-state index contributed by atoms with van der Waals surface area (Å²) in [5.74, 6) is -1.13. The number of phenolic OH excluding ortho intramolecular Hbond substituents is 1. The van der Waals surface area contributed by atoms with Crippen LogP contribution in [0.1, 0.15) is 46.3 Å². The van der Waals surface area contributed by atoms with Crippen LogP contribution in [0.2, 0.25) is 5.02 Å². The summed E-state index contributed by atoms with van der Waals surface area (Å²) in [5, 5.41) is 12.5. The molecule has 0 bridgehead atoms. The molecule has 3 rings (SSSR count). The number of rotatable bonds is 7. The van der Waals surface area contributed by atoms with E-state index in [4.69, 9.17) is 16.3 Å². The van der Waals surface area contributed by atoms with E-state index in [9.17, 15) is 23.1 Å². The zero-order valence-electron chi connectivity index (χ0n) is 18.6. The second-order valence-electron chi connectivity index (χ2n) is 8.04. The van der Waals surface area contributed by atoms with Gasteiger partial charge in [0.15, 0.2) is 6.61 Å². The lowest BCUT2D eigenvalue weighted by Crippen LogP contribution is -2.35. The van der Waals surface area contributed by atoms with Crippen molar-refractivity contribution in [2.45, 2.75) is 44.6 Å². The van der Waals surface area contributed by atoms with E-state index < -0.39 is 28.5 Å². The van der Waals surface area contributed by atoms with Crippen molar-refractivity contribution in [2.75, 3.05) is 19.7 Å². The highest BCUT2D eigenvalue weighted by molar-refractivity contribution is 7.89. The number of aromatic hydroxyl groups is 1. The number of hydrogen-bond acceptors (Lipinski definition) is 6. The van der Waals surface area contributed by atoms with Crippen LogP contribution in [0.4, 0.5) is 0 Å². The van der Waals surface area contributed by atoms with E-state index >= 15 is 0 Å². The number of esters is 1. The molecule has 1 aliphatic heterocycles. The van der Waals surface area contributed by atoms with Crippen molar-refractivity contribution in [1.82, 2.24) is 9.62 Å². The highest BCUT2D eigenvalue weighted by atomic mass is 35.5. The van der Waals surface area contributed by atoms with Gasteiger partial charge < -0.3 is 15.2 Å². The number of nitrogens with one attached hydrogen (secondary N) is 1. The molecule has 0 aromatic heterocycles. The van der Waals surface area contributed by atoms with Gasteiger partial charge in [-0.05, 0) is 61.6 Å². The summed E-state index contributed by atoms with van der Waals surface area (Å²) in [5.41, 5.74) is 2.19. The SMILES string of the molecule is Cc1cc(CNC(=O)COC(=O)c2ccc(Cl)c(S(=O)(=O)N3CCCCC3)c2)cc(C)c1O. The van der Waals surface area contributed by atoms with E-state index in [2.05, 4.69) is 5.32 Å². The first-order valence-electron chi connectivity index (χ1n) is 10.6. The van der Waals surface area contributed by atoms with Crippen LogP contribution in [0, 0.1) is 13.8 Å². The number of ether oxygens (including phenoxy) is 1. The van der Waals surface area contributed by atoms with Crippen LogP contribution in [0.15, 0.2) is 35.2 Å². The molecule has 33 heavy (non-hydrogen) atoms. The smallest absolute Gasteiger partial charge is 0.338 e. The minimum atomic E-state index is -3.83. The molecule has 1 fully saturated rings. The Morgan fingerprint density at radius 2 is 1.73 bits per heavy atom. The van der Waals surface area contributed by atoms with E-state index in [1.165, 1.54) is 22.5 Å². The topological polar surface area (TPSA) is 113 Å². The van der Waals surface area contributed by atoms with E-state index in [1.807, 2.05) is 0 Å². The first kappa shape index (κ1) is 25.0. The van der Waals surface area contributed by atoms with Gasteiger partial charge in [0.2, 0.25) is 10.0 Å². The van der Waals surface area contributed by atoms with Gasteiger partial charge in [-0.1, -0.05) is 30.2 Å². The molecular formula is C23H27ClN2O6S. The van der Waals surface area contributed by atoms with E-state index in [0.29, 0.717) is 24.2 Å². The number of halogens is 1. The number of carbonyl (C=O) groups excluding carboxylic acids is 2. The van der Waals surface area contributed by atoms with Crippen molar-refractivity contribution in [1.29, 1.82) is 0 Å². The lowest BCUT2D eigenvalue weighted by Gasteiger charge is -2.26. The van der Waals surface area contributed by atoms with Crippen molar-refractivity contribution < 1.29 is 27.9 Å². The Morgan fingerprint density at radius 1 is 1.09 bits per heavy atom. The van der Waals surface area contributed by atoms with Gasteiger partial charge in [0.1, 0.15) is 10.6 Å². The Balaban J connectivity index is 1.61. The summed E-state index contributed by atoms with van der Waals surface area (Å²) >= 11 is 6.13. The first-order chi connectivity index (χ1) is 15.6. The zero-order chi connectivity index (χ0) is 24.2. The van der Waals surface area contributed by atoms with Crippen LogP contribution in [0.5, 0.6) is 5.75 Å². The lowest BCUT2D eigenvalue weighted by molar-refractivity contribution is -0.124. The average Bonchev–Trinajstić information content (AvgIpc) is 2.80. The molecule has 1 heterocycles. The molecule has 178 valence electrons. The number of benzene rings is 2. The Kier molecular flexibility index (Phi) is 7.99. The number of aryl methyl sites for hydroxylation is 2. The molecule has 2 N–H and O–H groups in total. The van der Waals surface area contributed by atoms with Crippen molar-refractivity contribution in [3.05, 3.63) is 57.6 Å². The Morgan fingerprint density at radius 3 is 2.36 bits per heavy atom. The number of piperidine rings is 1. The largest absolute Gasteiger partial charge is 0.507 e. The van der Waals surface area contributed by atoms with Gasteiger partial charge >= 0.3 is 5.97 Å². The maximum atomic E-state index is 12.9. The van der Waals surface area contributed by atoms with Gasteiger partial charge in [-0.25, -0.2) is 13.2 Å². The summed E-state index contributed by atoms with van der Waals surface area (Å²) < 4.78 is 32.3. The summed E-state index contributed by atoms with van der Waals surface area (Å²) in [4.78, 5) is 24.4. The predicted molar refractivity (Wildman–Crippen MR) is 124 cm³/mol. The lowest BCUT2D eigenvalue weighted by atomic mass is 10.1. The number of carbonyl (C=O) groups is 2. The second-order valence-corrected chi connectivity index (χ2v) is 10.4. The fourth-order valence-electron chi connectivity index (χ4n) is 3.69. The van der Waals surface area contributed by atoms with Gasteiger partial charge in [0.05, 0.1) is 10.6 Å². The van der Waals surface area contributed by atoms with E-state index in [0.717, 1.165) is 24.8 Å². The highest BCUT2D eigenvalue weighted by Crippen LogP contribution is 2.28. The van der Waals surface area contributed by atoms with Crippen LogP contribution in [0.3, 0.4) is 0 Å². The molecule has 0 aliphatic carbocycles. The number of nitrogens with zero attached hydrogens (tertiary/aromatic N) is 1. The molecule has 0 atom stereocenters. The molecule has 0 radical (unpaired) electrons. The molecule has 0 spiro atoms. The van der Waals surface area contributed by atoms with Crippen LogP contribution in [-0.2, 0) is 26.1 Å². The molecule has 2 aromatic carbocycles. The molecule has 0 unspecified atom stereocenters. The van der Waals surface area contributed by atoms with Gasteiger partial charge in [-0.3, -0.25) is 4.79 Å². The Labute approximate surface area is 198 Å². The quantitative estimate of drug-likeness (QED) is 0.571. The number of amides is 1. The fourth-order valence-corrected chi connectivity index (χ4v) is 5.70. The predicted octanol–water partition coefficient (Wildman–Crippen LogP) is 3.31. The Bertz CT molecular complexity index is 1140. The summed E-state index contributed by atoms with van der Waals surface area (Å²) in [6.45, 7) is 4.03. The average molecular weight is 495 g/mol. The van der Waals surface area contributed by atoms with Crippen molar-refractivity contribution in [2.24, 2.45) is 0 Å². The van der Waals surface area contributed by atoms with E-state index in [-0.39, 0.29) is 27.8 Å². The minimum Gasteiger partial charge on any atom is -0.507 e. The monoisotopic (exact) mass is 494 g/mol. The van der Waals surface area contributed by atoms with Crippen molar-refractivity contribution >= 4 is 33.5 Å². The molecular weight excluding hydrogens is 468 g/mol. The van der Waals surface area contributed by atoms with Crippen LogP contribution >= 0.6 is 11.6 Å². The Hall–Kier alpha value is -2.62. The molecule has 2 aromatic rings. The molecule has 1 aliphatic rings. The first-order valence-corrected chi connectivity index (χ1v) is 12.4. The molecule has 10 heteroatoms. The summed E-state index contributed by atoms with van der Waals surface area (Å²) in [6.07, 6.45) is 2.52. The third kappa shape index (κ3) is 6.04. The molecule has 0 saturated carbocycles.